The molecule has 20 heavy (non-hydrogen) atoms. The van der Waals surface area contributed by atoms with Crippen molar-refractivity contribution in [3.8, 4) is 11.8 Å². The number of fused-ring (bicyclic) bond motifs is 1. The molecule has 0 amide bonds. The van der Waals surface area contributed by atoms with Crippen molar-refractivity contribution >= 4 is 0 Å². The van der Waals surface area contributed by atoms with Gasteiger partial charge in [-0.05, 0) is 12.1 Å². The fourth-order valence-corrected chi connectivity index (χ4v) is 2.48. The van der Waals surface area contributed by atoms with Gasteiger partial charge in [-0.15, -0.1) is 0 Å². The first-order valence-corrected chi connectivity index (χ1v) is 6.71. The van der Waals surface area contributed by atoms with E-state index in [2.05, 4.69) is 16.5 Å². The smallest absolute Gasteiger partial charge is 0.132 e. The van der Waals surface area contributed by atoms with Gasteiger partial charge in [-0.2, -0.15) is 10.4 Å². The van der Waals surface area contributed by atoms with Crippen molar-refractivity contribution in [2.45, 2.75) is 26.1 Å². The van der Waals surface area contributed by atoms with Gasteiger partial charge in [-0.25, -0.2) is 0 Å². The Balaban J connectivity index is 1.81. The van der Waals surface area contributed by atoms with Crippen molar-refractivity contribution in [1.82, 2.24) is 15.1 Å². The zero-order chi connectivity index (χ0) is 13.8. The van der Waals surface area contributed by atoms with Crippen LogP contribution in [0, 0.1) is 11.3 Å². The standard InChI is InChI=1S/C15H16N4O/c16-7-9-19-15-6-8-17-10-13(15)14(18-19)11-20-12-4-2-1-3-5-12/h1-5,17H,6,8-11H2. The lowest BCUT2D eigenvalue weighted by Crippen LogP contribution is -2.25. The molecule has 0 unspecified atom stereocenters. The molecule has 0 aliphatic carbocycles. The van der Waals surface area contributed by atoms with Crippen LogP contribution in [0.1, 0.15) is 17.0 Å². The number of hydrogen-bond donors (Lipinski definition) is 1. The van der Waals surface area contributed by atoms with E-state index in [0.29, 0.717) is 13.2 Å². The number of para-hydroxylation sites is 1. The molecule has 0 saturated heterocycles. The van der Waals surface area contributed by atoms with E-state index in [0.717, 1.165) is 36.6 Å². The van der Waals surface area contributed by atoms with Crippen LogP contribution in [0.3, 0.4) is 0 Å². The van der Waals surface area contributed by atoms with Crippen LogP contribution in [0.15, 0.2) is 30.3 Å². The van der Waals surface area contributed by atoms with E-state index in [9.17, 15) is 0 Å². The first kappa shape index (κ1) is 12.7. The van der Waals surface area contributed by atoms with Crippen LogP contribution >= 0.6 is 0 Å². The van der Waals surface area contributed by atoms with Gasteiger partial charge < -0.3 is 10.1 Å². The van der Waals surface area contributed by atoms with Crippen molar-refractivity contribution in [3.63, 3.8) is 0 Å². The molecule has 0 atom stereocenters. The Bertz CT molecular complexity index is 627. The summed E-state index contributed by atoms with van der Waals surface area (Å²) in [7, 11) is 0. The van der Waals surface area contributed by atoms with Crippen LogP contribution in [-0.2, 0) is 26.1 Å². The molecule has 2 aromatic rings. The molecule has 2 heterocycles. The number of nitrogens with one attached hydrogen (secondary N) is 1. The highest BCUT2D eigenvalue weighted by atomic mass is 16.5. The Labute approximate surface area is 117 Å². The molecule has 3 rings (SSSR count). The monoisotopic (exact) mass is 268 g/mol. The molecule has 5 heteroatoms. The summed E-state index contributed by atoms with van der Waals surface area (Å²) >= 11 is 0. The van der Waals surface area contributed by atoms with Crippen LogP contribution in [0.4, 0.5) is 0 Å². The van der Waals surface area contributed by atoms with Gasteiger partial charge in [0.1, 0.15) is 24.6 Å². The average molecular weight is 268 g/mol. The predicted octanol–water partition coefficient (Wildman–Crippen LogP) is 1.63. The van der Waals surface area contributed by atoms with Gasteiger partial charge in [0, 0.05) is 30.8 Å². The summed E-state index contributed by atoms with van der Waals surface area (Å²) < 4.78 is 7.57. The summed E-state index contributed by atoms with van der Waals surface area (Å²) in [4.78, 5) is 0. The number of aromatic nitrogens is 2. The van der Waals surface area contributed by atoms with Crippen LogP contribution in [0.2, 0.25) is 0 Å². The van der Waals surface area contributed by atoms with Gasteiger partial charge >= 0.3 is 0 Å². The number of rotatable bonds is 4. The Kier molecular flexibility index (Phi) is 3.66. The highest BCUT2D eigenvalue weighted by Gasteiger charge is 2.20. The minimum atomic E-state index is 0.299. The Morgan fingerprint density at radius 1 is 1.35 bits per heavy atom. The van der Waals surface area contributed by atoms with Crippen LogP contribution in [0.5, 0.6) is 5.75 Å². The summed E-state index contributed by atoms with van der Waals surface area (Å²) in [6.45, 7) is 2.47. The zero-order valence-corrected chi connectivity index (χ0v) is 11.2. The summed E-state index contributed by atoms with van der Waals surface area (Å²) in [5.41, 5.74) is 3.27. The summed E-state index contributed by atoms with van der Waals surface area (Å²) in [6, 6.07) is 11.9. The molecule has 1 aliphatic heterocycles. The third-order valence-electron chi connectivity index (χ3n) is 3.43. The molecule has 0 spiro atoms. The minimum Gasteiger partial charge on any atom is -0.487 e. The summed E-state index contributed by atoms with van der Waals surface area (Å²) in [5.74, 6) is 0.833. The fraction of sp³-hybridized carbons (Fsp3) is 0.333. The third kappa shape index (κ3) is 2.51. The molecule has 102 valence electrons. The molecule has 0 saturated carbocycles. The van der Waals surface area contributed by atoms with Crippen molar-refractivity contribution in [2.24, 2.45) is 0 Å². The molecule has 0 radical (unpaired) electrons. The van der Waals surface area contributed by atoms with Gasteiger partial charge in [0.05, 0.1) is 6.07 Å². The normalized spacial score (nSPS) is 13.6. The van der Waals surface area contributed by atoms with Gasteiger partial charge in [0.2, 0.25) is 0 Å². The second kappa shape index (κ2) is 5.76. The predicted molar refractivity (Wildman–Crippen MR) is 74.0 cm³/mol. The Morgan fingerprint density at radius 2 is 2.20 bits per heavy atom. The summed E-state index contributed by atoms with van der Waals surface area (Å²) in [5, 5.41) is 16.7. The first-order chi connectivity index (χ1) is 9.88. The van der Waals surface area contributed by atoms with E-state index in [4.69, 9.17) is 10.00 Å². The van der Waals surface area contributed by atoms with E-state index in [1.165, 1.54) is 5.56 Å². The quantitative estimate of drug-likeness (QED) is 0.915. The van der Waals surface area contributed by atoms with E-state index in [1.54, 1.807) is 4.68 Å². The van der Waals surface area contributed by atoms with Gasteiger partial charge in [0.15, 0.2) is 0 Å². The van der Waals surface area contributed by atoms with Crippen molar-refractivity contribution in [2.75, 3.05) is 6.54 Å². The van der Waals surface area contributed by atoms with E-state index < -0.39 is 0 Å². The first-order valence-electron chi connectivity index (χ1n) is 6.71. The van der Waals surface area contributed by atoms with E-state index in [-0.39, 0.29) is 0 Å². The van der Waals surface area contributed by atoms with Crippen LogP contribution < -0.4 is 10.1 Å². The number of nitrogens with zero attached hydrogens (tertiary/aromatic N) is 3. The second-order valence-electron chi connectivity index (χ2n) is 4.72. The second-order valence-corrected chi connectivity index (χ2v) is 4.72. The van der Waals surface area contributed by atoms with E-state index >= 15 is 0 Å². The van der Waals surface area contributed by atoms with Gasteiger partial charge in [0.25, 0.3) is 0 Å². The van der Waals surface area contributed by atoms with E-state index in [1.807, 2.05) is 30.3 Å². The van der Waals surface area contributed by atoms with Crippen molar-refractivity contribution < 1.29 is 4.74 Å². The molecule has 1 aromatic heterocycles. The topological polar surface area (TPSA) is 62.9 Å². The highest BCUT2D eigenvalue weighted by Crippen LogP contribution is 2.20. The number of nitriles is 1. The highest BCUT2D eigenvalue weighted by molar-refractivity contribution is 5.29. The molecule has 0 bridgehead atoms. The van der Waals surface area contributed by atoms with Crippen molar-refractivity contribution in [1.29, 1.82) is 5.26 Å². The minimum absolute atomic E-state index is 0.299. The molecule has 0 fully saturated rings. The van der Waals surface area contributed by atoms with Gasteiger partial charge in [-0.1, -0.05) is 18.2 Å². The van der Waals surface area contributed by atoms with Crippen molar-refractivity contribution in [3.05, 3.63) is 47.3 Å². The maximum absolute atomic E-state index is 8.88. The molecular weight excluding hydrogens is 252 g/mol. The Morgan fingerprint density at radius 3 is 3.00 bits per heavy atom. The Hall–Kier alpha value is -2.32. The molecule has 1 N–H and O–H groups in total. The molecule has 5 nitrogen and oxygen atoms in total. The maximum Gasteiger partial charge on any atom is 0.132 e. The molecule has 1 aromatic carbocycles. The maximum atomic E-state index is 8.88. The number of ether oxygens (including phenoxy) is 1. The largest absolute Gasteiger partial charge is 0.487 e. The molecular formula is C15H16N4O. The summed E-state index contributed by atoms with van der Waals surface area (Å²) in [6.07, 6.45) is 0.912. The third-order valence-corrected chi connectivity index (χ3v) is 3.43. The lowest BCUT2D eigenvalue weighted by molar-refractivity contribution is 0.298. The fourth-order valence-electron chi connectivity index (χ4n) is 2.48. The number of benzene rings is 1. The average Bonchev–Trinajstić information content (AvgIpc) is 2.85. The lowest BCUT2D eigenvalue weighted by Gasteiger charge is -2.14. The number of hydrogen-bond acceptors (Lipinski definition) is 4. The van der Waals surface area contributed by atoms with Gasteiger partial charge in [-0.3, -0.25) is 4.68 Å². The zero-order valence-electron chi connectivity index (χ0n) is 11.2. The molecule has 1 aliphatic rings. The van der Waals surface area contributed by atoms with Crippen LogP contribution in [0.25, 0.3) is 0 Å². The lowest BCUT2D eigenvalue weighted by atomic mass is 10.1. The van der Waals surface area contributed by atoms with Crippen LogP contribution in [-0.4, -0.2) is 16.3 Å². The SMILES string of the molecule is N#CCn1nc(COc2ccccc2)c2c1CCNC2.